The largest absolute Gasteiger partial charge is 0.419 e. The Labute approximate surface area is 168 Å². The van der Waals surface area contributed by atoms with Crippen molar-refractivity contribution in [3.05, 3.63) is 90.3 Å². The summed E-state index contributed by atoms with van der Waals surface area (Å²) >= 11 is 0. The van der Waals surface area contributed by atoms with E-state index >= 15 is 0 Å². The molecule has 1 aliphatic heterocycles. The van der Waals surface area contributed by atoms with Crippen molar-refractivity contribution in [2.24, 2.45) is 0 Å². The van der Waals surface area contributed by atoms with Crippen LogP contribution in [-0.2, 0) is 5.41 Å². The van der Waals surface area contributed by atoms with Crippen LogP contribution in [0.2, 0.25) is 0 Å². The summed E-state index contributed by atoms with van der Waals surface area (Å²) in [5, 5.41) is 1.96. The average molecular weight is 377 g/mol. The van der Waals surface area contributed by atoms with Gasteiger partial charge in [-0.2, -0.15) is 0 Å². The molecule has 2 aromatic carbocycles. The number of aromatic nitrogens is 2. The summed E-state index contributed by atoms with van der Waals surface area (Å²) < 4.78 is 5.83. The maximum absolute atomic E-state index is 5.83. The number of benzene rings is 2. The van der Waals surface area contributed by atoms with Crippen LogP contribution in [0.1, 0.15) is 25.0 Å². The first-order chi connectivity index (χ1) is 14.1. The summed E-state index contributed by atoms with van der Waals surface area (Å²) in [5.74, 6) is 0. The van der Waals surface area contributed by atoms with E-state index in [9.17, 15) is 0 Å². The van der Waals surface area contributed by atoms with E-state index in [2.05, 4.69) is 83.3 Å². The highest BCUT2D eigenvalue weighted by Crippen LogP contribution is 2.51. The molecule has 0 saturated heterocycles. The van der Waals surface area contributed by atoms with Crippen LogP contribution >= 0.6 is 0 Å². The van der Waals surface area contributed by atoms with Crippen LogP contribution in [0, 0.1) is 0 Å². The molecule has 0 spiro atoms. The van der Waals surface area contributed by atoms with Gasteiger partial charge >= 0.3 is 0 Å². The lowest BCUT2D eigenvalue weighted by Gasteiger charge is -2.41. The molecule has 1 aliphatic rings. The van der Waals surface area contributed by atoms with Crippen LogP contribution in [0.5, 0.6) is 0 Å². The van der Waals surface area contributed by atoms with Gasteiger partial charge in [0, 0.05) is 17.0 Å². The van der Waals surface area contributed by atoms with Gasteiger partial charge in [-0.25, -0.2) is 9.97 Å². The molecule has 29 heavy (non-hydrogen) atoms. The van der Waals surface area contributed by atoms with Crippen molar-refractivity contribution >= 4 is 39.3 Å². The van der Waals surface area contributed by atoms with E-state index in [1.54, 1.807) is 6.20 Å². The normalized spacial score (nSPS) is 14.8. The van der Waals surface area contributed by atoms with Crippen molar-refractivity contribution in [2.45, 2.75) is 19.3 Å². The molecule has 0 unspecified atom stereocenters. The smallest absolute Gasteiger partial charge is 0.229 e. The number of pyridine rings is 2. The number of anilines is 3. The molecular formula is C25H19N3O. The third-order valence-electron chi connectivity index (χ3n) is 5.99. The minimum Gasteiger partial charge on any atom is -0.419 e. The van der Waals surface area contributed by atoms with Gasteiger partial charge in [-0.3, -0.25) is 0 Å². The van der Waals surface area contributed by atoms with Gasteiger partial charge in [0.1, 0.15) is 0 Å². The van der Waals surface area contributed by atoms with Crippen molar-refractivity contribution in [3.8, 4) is 0 Å². The van der Waals surface area contributed by atoms with Crippen molar-refractivity contribution in [3.63, 3.8) is 0 Å². The predicted octanol–water partition coefficient (Wildman–Crippen LogP) is 6.49. The van der Waals surface area contributed by atoms with Crippen molar-refractivity contribution < 1.29 is 4.42 Å². The molecular weight excluding hydrogens is 358 g/mol. The molecule has 6 rings (SSSR count). The van der Waals surface area contributed by atoms with E-state index in [1.807, 2.05) is 18.3 Å². The molecule has 3 aromatic heterocycles. The van der Waals surface area contributed by atoms with E-state index in [4.69, 9.17) is 4.42 Å². The number of hydrogen-bond donors (Lipinski definition) is 0. The molecule has 5 aromatic rings. The zero-order valence-electron chi connectivity index (χ0n) is 16.3. The van der Waals surface area contributed by atoms with Crippen molar-refractivity contribution in [2.75, 3.05) is 4.90 Å². The molecule has 4 nitrogen and oxygen atoms in total. The van der Waals surface area contributed by atoms with Crippen LogP contribution < -0.4 is 4.90 Å². The Morgan fingerprint density at radius 1 is 0.759 bits per heavy atom. The van der Waals surface area contributed by atoms with E-state index < -0.39 is 0 Å². The molecule has 140 valence electrons. The highest BCUT2D eigenvalue weighted by molar-refractivity contribution is 6.04. The van der Waals surface area contributed by atoms with Gasteiger partial charge in [0.2, 0.25) is 11.4 Å². The Kier molecular flexibility index (Phi) is 3.19. The number of nitrogens with zero attached hydrogens (tertiary/aromatic N) is 3. The SMILES string of the molecule is CC1(C)c2ccccc2N(c2cnc3oc4ncccc4c3c2)c2ccccc21. The van der Waals surface area contributed by atoms with Gasteiger partial charge in [0.25, 0.3) is 0 Å². The Hall–Kier alpha value is -3.66. The Morgan fingerprint density at radius 3 is 2.14 bits per heavy atom. The lowest BCUT2D eigenvalue weighted by Crippen LogP contribution is -2.30. The fourth-order valence-corrected chi connectivity index (χ4v) is 4.55. The predicted molar refractivity (Wildman–Crippen MR) is 116 cm³/mol. The van der Waals surface area contributed by atoms with Gasteiger partial charge in [-0.05, 0) is 41.5 Å². The van der Waals surface area contributed by atoms with Gasteiger partial charge in [0.15, 0.2) is 0 Å². The van der Waals surface area contributed by atoms with Gasteiger partial charge < -0.3 is 9.32 Å². The molecule has 0 saturated carbocycles. The van der Waals surface area contributed by atoms with Crippen molar-refractivity contribution in [1.82, 2.24) is 9.97 Å². The number of furan rings is 1. The van der Waals surface area contributed by atoms with E-state index in [0.29, 0.717) is 11.4 Å². The first-order valence-corrected chi connectivity index (χ1v) is 9.77. The summed E-state index contributed by atoms with van der Waals surface area (Å²) in [6.45, 7) is 4.58. The molecule has 0 amide bonds. The molecule has 0 fully saturated rings. The molecule has 4 heterocycles. The average Bonchev–Trinajstić information content (AvgIpc) is 3.12. The van der Waals surface area contributed by atoms with E-state index in [1.165, 1.54) is 22.5 Å². The standard InChI is InChI=1S/C25H19N3O/c1-25(2)19-9-3-5-11-21(19)28(22-12-6-4-10-20(22)25)16-14-18-17-8-7-13-26-23(17)29-24(18)27-15-16/h3-15H,1-2H3. The Morgan fingerprint density at radius 2 is 1.41 bits per heavy atom. The second kappa shape index (κ2) is 5.67. The molecule has 0 radical (unpaired) electrons. The highest BCUT2D eigenvalue weighted by Gasteiger charge is 2.36. The minimum absolute atomic E-state index is 0.0759. The van der Waals surface area contributed by atoms with Crippen LogP contribution in [0.15, 0.2) is 83.5 Å². The van der Waals surface area contributed by atoms with Crippen LogP contribution in [0.3, 0.4) is 0 Å². The summed E-state index contributed by atoms with van der Waals surface area (Å²) in [7, 11) is 0. The quantitative estimate of drug-likeness (QED) is 0.335. The monoisotopic (exact) mass is 377 g/mol. The first kappa shape index (κ1) is 16.3. The summed E-state index contributed by atoms with van der Waals surface area (Å²) in [6.07, 6.45) is 3.63. The molecule has 0 bridgehead atoms. The summed E-state index contributed by atoms with van der Waals surface area (Å²) in [6, 6.07) is 23.4. The topological polar surface area (TPSA) is 42.2 Å². The number of para-hydroxylation sites is 2. The second-order valence-corrected chi connectivity index (χ2v) is 8.00. The fraction of sp³-hybridized carbons (Fsp3) is 0.120. The summed E-state index contributed by atoms with van der Waals surface area (Å²) in [4.78, 5) is 11.3. The zero-order chi connectivity index (χ0) is 19.6. The number of hydrogen-bond acceptors (Lipinski definition) is 4. The third-order valence-corrected chi connectivity index (χ3v) is 5.99. The second-order valence-electron chi connectivity index (χ2n) is 8.00. The van der Waals surface area contributed by atoms with Crippen molar-refractivity contribution in [1.29, 1.82) is 0 Å². The zero-order valence-corrected chi connectivity index (χ0v) is 16.3. The van der Waals surface area contributed by atoms with Crippen LogP contribution in [0.25, 0.3) is 22.2 Å². The van der Waals surface area contributed by atoms with Crippen LogP contribution in [0.4, 0.5) is 17.1 Å². The molecule has 0 aliphatic carbocycles. The summed E-state index contributed by atoms with van der Waals surface area (Å²) in [5.41, 5.74) is 7.14. The molecule has 0 atom stereocenters. The van der Waals surface area contributed by atoms with E-state index in [-0.39, 0.29) is 5.41 Å². The van der Waals surface area contributed by atoms with Gasteiger partial charge in [0.05, 0.1) is 28.6 Å². The Bertz CT molecular complexity index is 1350. The maximum Gasteiger partial charge on any atom is 0.229 e. The fourth-order valence-electron chi connectivity index (χ4n) is 4.55. The lowest BCUT2D eigenvalue weighted by atomic mass is 9.73. The van der Waals surface area contributed by atoms with Gasteiger partial charge in [-0.1, -0.05) is 50.2 Å². The van der Waals surface area contributed by atoms with Gasteiger partial charge in [-0.15, -0.1) is 0 Å². The lowest BCUT2D eigenvalue weighted by molar-refractivity contribution is 0.631. The number of fused-ring (bicyclic) bond motifs is 5. The Balaban J connectivity index is 1.66. The maximum atomic E-state index is 5.83. The van der Waals surface area contributed by atoms with E-state index in [0.717, 1.165) is 16.5 Å². The molecule has 4 heteroatoms. The highest BCUT2D eigenvalue weighted by atomic mass is 16.3. The third kappa shape index (κ3) is 2.20. The minimum atomic E-state index is -0.0759. The molecule has 0 N–H and O–H groups in total. The number of rotatable bonds is 1. The van der Waals surface area contributed by atoms with Crippen LogP contribution in [-0.4, -0.2) is 9.97 Å². The first-order valence-electron chi connectivity index (χ1n) is 9.77.